The molecule has 0 bridgehead atoms. The molecular weight excluding hydrogens is 301 g/mol. The minimum absolute atomic E-state index is 0.741. The van der Waals surface area contributed by atoms with Gasteiger partial charge in [0.1, 0.15) is 0 Å². The van der Waals surface area contributed by atoms with Crippen LogP contribution in [0.25, 0.3) is 0 Å². The zero-order chi connectivity index (χ0) is 14.7. The second-order valence-electron chi connectivity index (χ2n) is 5.64. The van der Waals surface area contributed by atoms with E-state index in [2.05, 4.69) is 41.3 Å². The minimum Gasteiger partial charge on any atom is -0.299 e. The van der Waals surface area contributed by atoms with Gasteiger partial charge >= 0.3 is 0 Å². The molecule has 0 atom stereocenters. The monoisotopic (exact) mass is 319 g/mol. The lowest BCUT2D eigenvalue weighted by atomic mass is 9.99. The first kappa shape index (κ1) is 14.9. The average molecular weight is 320 g/mol. The van der Waals surface area contributed by atoms with E-state index in [9.17, 15) is 0 Å². The summed E-state index contributed by atoms with van der Waals surface area (Å²) in [5.41, 5.74) is 3.99. The van der Waals surface area contributed by atoms with Crippen molar-refractivity contribution in [2.45, 2.75) is 25.8 Å². The standard InChI is InChI=1S/C18H19Cl2N/c19-16-11-15-13-21(10-8-17(15)18(20)12-16)9-4-7-14-5-2-1-3-6-14/h1-3,5-6,11-12H,4,7-10,13H2. The summed E-state index contributed by atoms with van der Waals surface area (Å²) in [7, 11) is 0. The number of hydrogen-bond acceptors (Lipinski definition) is 1. The van der Waals surface area contributed by atoms with Gasteiger partial charge < -0.3 is 0 Å². The molecule has 21 heavy (non-hydrogen) atoms. The van der Waals surface area contributed by atoms with Crippen molar-refractivity contribution >= 4 is 23.2 Å². The third-order valence-electron chi connectivity index (χ3n) is 4.11. The largest absolute Gasteiger partial charge is 0.299 e. The number of fused-ring (bicyclic) bond motifs is 1. The molecule has 0 spiro atoms. The van der Waals surface area contributed by atoms with Gasteiger partial charge in [0, 0.05) is 23.1 Å². The van der Waals surface area contributed by atoms with E-state index in [1.54, 1.807) is 0 Å². The first-order chi connectivity index (χ1) is 10.2. The van der Waals surface area contributed by atoms with E-state index >= 15 is 0 Å². The third-order valence-corrected chi connectivity index (χ3v) is 4.66. The van der Waals surface area contributed by atoms with E-state index in [1.807, 2.05) is 6.07 Å². The number of halogens is 2. The molecule has 1 heterocycles. The van der Waals surface area contributed by atoms with Crippen LogP contribution in [0.2, 0.25) is 10.0 Å². The summed E-state index contributed by atoms with van der Waals surface area (Å²) in [6.45, 7) is 3.17. The van der Waals surface area contributed by atoms with Crippen LogP contribution in [-0.2, 0) is 19.4 Å². The molecule has 0 saturated heterocycles. The molecule has 0 N–H and O–H groups in total. The van der Waals surface area contributed by atoms with Gasteiger partial charge in [-0.05, 0) is 54.6 Å². The molecular formula is C18H19Cl2N. The maximum Gasteiger partial charge on any atom is 0.0456 e. The summed E-state index contributed by atoms with van der Waals surface area (Å²) in [6.07, 6.45) is 3.35. The molecule has 110 valence electrons. The van der Waals surface area contributed by atoms with Crippen molar-refractivity contribution in [3.63, 3.8) is 0 Å². The van der Waals surface area contributed by atoms with Gasteiger partial charge in [0.15, 0.2) is 0 Å². The highest BCUT2D eigenvalue weighted by Gasteiger charge is 2.18. The van der Waals surface area contributed by atoms with Crippen molar-refractivity contribution < 1.29 is 0 Å². The first-order valence-electron chi connectivity index (χ1n) is 7.45. The fourth-order valence-electron chi connectivity index (χ4n) is 3.01. The van der Waals surface area contributed by atoms with Crippen LogP contribution in [0, 0.1) is 0 Å². The summed E-state index contributed by atoms with van der Waals surface area (Å²) in [4.78, 5) is 2.50. The molecule has 0 unspecified atom stereocenters. The van der Waals surface area contributed by atoms with E-state index in [0.717, 1.165) is 42.5 Å². The molecule has 0 aromatic heterocycles. The highest BCUT2D eigenvalue weighted by Crippen LogP contribution is 2.29. The highest BCUT2D eigenvalue weighted by molar-refractivity contribution is 6.35. The quantitative estimate of drug-likeness (QED) is 0.767. The lowest BCUT2D eigenvalue weighted by molar-refractivity contribution is 0.251. The Kier molecular flexibility index (Phi) is 4.84. The van der Waals surface area contributed by atoms with Crippen LogP contribution in [0.4, 0.5) is 0 Å². The first-order valence-corrected chi connectivity index (χ1v) is 8.21. The molecule has 2 aromatic rings. The van der Waals surface area contributed by atoms with Crippen molar-refractivity contribution in [3.05, 3.63) is 69.2 Å². The molecule has 0 fully saturated rings. The number of aryl methyl sites for hydroxylation is 1. The second kappa shape index (κ2) is 6.83. The number of rotatable bonds is 4. The van der Waals surface area contributed by atoms with Gasteiger partial charge in [-0.2, -0.15) is 0 Å². The van der Waals surface area contributed by atoms with Gasteiger partial charge in [-0.1, -0.05) is 53.5 Å². The molecule has 3 rings (SSSR count). The van der Waals surface area contributed by atoms with Crippen molar-refractivity contribution in [3.8, 4) is 0 Å². The molecule has 3 heteroatoms. The smallest absolute Gasteiger partial charge is 0.0456 e. The molecule has 0 amide bonds. The summed E-state index contributed by atoms with van der Waals surface area (Å²) in [6, 6.07) is 14.6. The van der Waals surface area contributed by atoms with E-state index in [0.29, 0.717) is 0 Å². The van der Waals surface area contributed by atoms with Crippen LogP contribution in [0.15, 0.2) is 42.5 Å². The third kappa shape index (κ3) is 3.79. The minimum atomic E-state index is 0.741. The molecule has 0 aliphatic carbocycles. The topological polar surface area (TPSA) is 3.24 Å². The number of hydrogen-bond donors (Lipinski definition) is 0. The van der Waals surface area contributed by atoms with Gasteiger partial charge in [-0.25, -0.2) is 0 Å². The number of benzene rings is 2. The van der Waals surface area contributed by atoms with Crippen molar-refractivity contribution in [2.75, 3.05) is 13.1 Å². The van der Waals surface area contributed by atoms with Crippen LogP contribution < -0.4 is 0 Å². The predicted octanol–water partition coefficient (Wildman–Crippen LogP) is 4.98. The van der Waals surface area contributed by atoms with E-state index in [-0.39, 0.29) is 0 Å². The molecule has 0 radical (unpaired) electrons. The SMILES string of the molecule is Clc1cc(Cl)c2c(c1)CN(CCCc1ccccc1)CC2. The van der Waals surface area contributed by atoms with Gasteiger partial charge in [0.2, 0.25) is 0 Å². The molecule has 1 nitrogen and oxygen atoms in total. The van der Waals surface area contributed by atoms with Crippen LogP contribution >= 0.6 is 23.2 Å². The van der Waals surface area contributed by atoms with Crippen LogP contribution in [-0.4, -0.2) is 18.0 Å². The van der Waals surface area contributed by atoms with Gasteiger partial charge in [-0.15, -0.1) is 0 Å². The highest BCUT2D eigenvalue weighted by atomic mass is 35.5. The molecule has 2 aromatic carbocycles. The van der Waals surface area contributed by atoms with E-state index in [4.69, 9.17) is 23.2 Å². The Morgan fingerprint density at radius 2 is 1.86 bits per heavy atom. The van der Waals surface area contributed by atoms with Gasteiger partial charge in [0.25, 0.3) is 0 Å². The average Bonchev–Trinajstić information content (AvgIpc) is 2.48. The molecule has 1 aliphatic rings. The molecule has 1 aliphatic heterocycles. The predicted molar refractivity (Wildman–Crippen MR) is 90.2 cm³/mol. The lowest BCUT2D eigenvalue weighted by Crippen LogP contribution is -2.31. The Morgan fingerprint density at radius 1 is 1.05 bits per heavy atom. The Bertz CT molecular complexity index is 610. The fraction of sp³-hybridized carbons (Fsp3) is 0.333. The fourth-order valence-corrected chi connectivity index (χ4v) is 3.64. The van der Waals surface area contributed by atoms with Gasteiger partial charge in [-0.3, -0.25) is 4.90 Å². The van der Waals surface area contributed by atoms with Crippen LogP contribution in [0.5, 0.6) is 0 Å². The Labute approximate surface area is 136 Å². The van der Waals surface area contributed by atoms with Gasteiger partial charge in [0.05, 0.1) is 0 Å². The Morgan fingerprint density at radius 3 is 2.67 bits per heavy atom. The normalized spacial score (nSPS) is 15.0. The molecule has 0 saturated carbocycles. The zero-order valence-corrected chi connectivity index (χ0v) is 13.5. The second-order valence-corrected chi connectivity index (χ2v) is 6.48. The summed E-state index contributed by atoms with van der Waals surface area (Å²) >= 11 is 12.4. The maximum absolute atomic E-state index is 6.28. The van der Waals surface area contributed by atoms with Crippen LogP contribution in [0.3, 0.4) is 0 Å². The summed E-state index contributed by atoms with van der Waals surface area (Å²) in [5, 5.41) is 1.56. The van der Waals surface area contributed by atoms with E-state index in [1.165, 1.54) is 23.1 Å². The van der Waals surface area contributed by atoms with Crippen molar-refractivity contribution in [2.24, 2.45) is 0 Å². The summed E-state index contributed by atoms with van der Waals surface area (Å²) in [5.74, 6) is 0. The summed E-state index contributed by atoms with van der Waals surface area (Å²) < 4.78 is 0. The Hall–Kier alpha value is -1.02. The van der Waals surface area contributed by atoms with Crippen LogP contribution in [0.1, 0.15) is 23.1 Å². The zero-order valence-electron chi connectivity index (χ0n) is 12.0. The maximum atomic E-state index is 6.28. The lowest BCUT2D eigenvalue weighted by Gasteiger charge is -2.29. The van der Waals surface area contributed by atoms with Crippen molar-refractivity contribution in [1.29, 1.82) is 0 Å². The van der Waals surface area contributed by atoms with E-state index < -0.39 is 0 Å². The number of nitrogens with zero attached hydrogens (tertiary/aromatic N) is 1. The Balaban J connectivity index is 1.57. The van der Waals surface area contributed by atoms with Crippen molar-refractivity contribution in [1.82, 2.24) is 4.90 Å².